The van der Waals surface area contributed by atoms with Gasteiger partial charge in [0.25, 0.3) is 0 Å². The summed E-state index contributed by atoms with van der Waals surface area (Å²) in [5.74, 6) is -0.681. The highest BCUT2D eigenvalue weighted by atomic mass is 16.5. The average molecular weight is 335 g/mol. The third-order valence-corrected chi connectivity index (χ3v) is 5.03. The lowest BCUT2D eigenvalue weighted by atomic mass is 9.53. The Morgan fingerprint density at radius 1 is 1.46 bits per heavy atom. The van der Waals surface area contributed by atoms with Crippen LogP contribution in [0.3, 0.4) is 0 Å². The molecule has 7 nitrogen and oxygen atoms in total. The first kappa shape index (κ1) is 18.0. The van der Waals surface area contributed by atoms with Crippen LogP contribution in [0, 0.1) is 24.2 Å². The van der Waals surface area contributed by atoms with Crippen LogP contribution in [-0.4, -0.2) is 35.2 Å². The number of aliphatic carboxylic acids is 1. The van der Waals surface area contributed by atoms with Crippen LogP contribution in [0.2, 0.25) is 0 Å². The van der Waals surface area contributed by atoms with Gasteiger partial charge in [-0.15, -0.1) is 0 Å². The smallest absolute Gasteiger partial charge is 0.319 e. The highest BCUT2D eigenvalue weighted by Gasteiger charge is 2.53. The number of amides is 2. The van der Waals surface area contributed by atoms with E-state index >= 15 is 0 Å². The predicted molar refractivity (Wildman–Crippen MR) is 90.2 cm³/mol. The Balaban J connectivity index is 1.98. The van der Waals surface area contributed by atoms with Crippen LogP contribution in [-0.2, 0) is 4.79 Å². The highest BCUT2D eigenvalue weighted by Crippen LogP contribution is 2.52. The van der Waals surface area contributed by atoms with Gasteiger partial charge in [0.2, 0.25) is 5.88 Å². The fourth-order valence-corrected chi connectivity index (χ4v) is 3.50. The van der Waals surface area contributed by atoms with Crippen LogP contribution < -0.4 is 15.4 Å². The fourth-order valence-electron chi connectivity index (χ4n) is 3.50. The Morgan fingerprint density at radius 3 is 2.67 bits per heavy atom. The molecule has 1 aromatic rings. The van der Waals surface area contributed by atoms with E-state index in [1.165, 1.54) is 7.11 Å². The molecule has 3 N–H and O–H groups in total. The Kier molecular flexibility index (Phi) is 5.01. The first-order valence-corrected chi connectivity index (χ1v) is 7.97. The number of anilines is 1. The number of urea groups is 1. The van der Waals surface area contributed by atoms with Gasteiger partial charge < -0.3 is 20.5 Å². The van der Waals surface area contributed by atoms with Crippen LogP contribution in [0.5, 0.6) is 5.88 Å². The van der Waals surface area contributed by atoms with Gasteiger partial charge in [0.15, 0.2) is 0 Å². The van der Waals surface area contributed by atoms with Crippen molar-refractivity contribution < 1.29 is 19.4 Å². The zero-order valence-electron chi connectivity index (χ0n) is 14.7. The van der Waals surface area contributed by atoms with Crippen LogP contribution in [0.1, 0.15) is 32.8 Å². The number of carboxylic acid groups (broad SMARTS) is 1. The van der Waals surface area contributed by atoms with E-state index in [0.29, 0.717) is 18.0 Å². The topological polar surface area (TPSA) is 101 Å². The minimum Gasteiger partial charge on any atom is -0.481 e. The lowest BCUT2D eigenvalue weighted by Crippen LogP contribution is -2.57. The van der Waals surface area contributed by atoms with Crippen LogP contribution in [0.25, 0.3) is 0 Å². The van der Waals surface area contributed by atoms with Crippen LogP contribution in [0.4, 0.5) is 10.5 Å². The molecular formula is C17H25N3O4. The highest BCUT2D eigenvalue weighted by molar-refractivity contribution is 5.90. The number of hydrogen-bond acceptors (Lipinski definition) is 4. The number of carbonyl (C=O) groups is 2. The summed E-state index contributed by atoms with van der Waals surface area (Å²) in [5.41, 5.74) is 1.06. The van der Waals surface area contributed by atoms with Gasteiger partial charge in [-0.1, -0.05) is 13.8 Å². The lowest BCUT2D eigenvalue weighted by molar-refractivity contribution is -0.160. The van der Waals surface area contributed by atoms with Gasteiger partial charge in [0.05, 0.1) is 13.0 Å². The molecule has 24 heavy (non-hydrogen) atoms. The van der Waals surface area contributed by atoms with Gasteiger partial charge in [0, 0.05) is 12.2 Å². The molecule has 2 rings (SSSR count). The minimum atomic E-state index is -0.775. The molecule has 1 aliphatic carbocycles. The van der Waals surface area contributed by atoms with E-state index in [-0.39, 0.29) is 29.3 Å². The molecule has 7 heteroatoms. The zero-order valence-corrected chi connectivity index (χ0v) is 14.7. The Bertz CT molecular complexity index is 645. The molecular weight excluding hydrogens is 310 g/mol. The van der Waals surface area contributed by atoms with Gasteiger partial charge in [-0.2, -0.15) is 0 Å². The average Bonchev–Trinajstić information content (AvgIpc) is 2.45. The first-order valence-electron chi connectivity index (χ1n) is 7.97. The van der Waals surface area contributed by atoms with Crippen molar-refractivity contribution >= 4 is 17.7 Å². The SMILES string of the molecule is COc1ncc(C)cc1NC(=O)NC(C)[C@@H]1C[C@H](C(=O)O)C1(C)C. The van der Waals surface area contributed by atoms with Crippen molar-refractivity contribution in [2.24, 2.45) is 17.3 Å². The van der Waals surface area contributed by atoms with Crippen molar-refractivity contribution in [2.75, 3.05) is 12.4 Å². The lowest BCUT2D eigenvalue weighted by Gasteiger charge is -2.52. The van der Waals surface area contributed by atoms with E-state index in [9.17, 15) is 14.7 Å². The Labute approximate surface area is 141 Å². The minimum absolute atomic E-state index is 0.113. The molecule has 0 aromatic carbocycles. The molecule has 132 valence electrons. The molecule has 1 aliphatic rings. The fraction of sp³-hybridized carbons (Fsp3) is 0.588. The first-order chi connectivity index (χ1) is 11.2. The monoisotopic (exact) mass is 335 g/mol. The van der Waals surface area contributed by atoms with Crippen molar-refractivity contribution in [1.82, 2.24) is 10.3 Å². The molecule has 0 spiro atoms. The molecule has 1 fully saturated rings. The number of carbonyl (C=O) groups excluding carboxylic acids is 1. The van der Waals surface area contributed by atoms with Crippen molar-refractivity contribution in [1.29, 1.82) is 0 Å². The molecule has 1 saturated carbocycles. The van der Waals surface area contributed by atoms with E-state index < -0.39 is 5.97 Å². The zero-order chi connectivity index (χ0) is 18.1. The third-order valence-electron chi connectivity index (χ3n) is 5.03. The van der Waals surface area contributed by atoms with Gasteiger partial charge in [-0.25, -0.2) is 9.78 Å². The van der Waals surface area contributed by atoms with Gasteiger partial charge >= 0.3 is 12.0 Å². The number of rotatable bonds is 5. The summed E-state index contributed by atoms with van der Waals surface area (Å²) in [6.45, 7) is 7.64. The molecule has 0 saturated heterocycles. The number of ether oxygens (including phenoxy) is 1. The largest absolute Gasteiger partial charge is 0.481 e. The summed E-state index contributed by atoms with van der Waals surface area (Å²) in [6.07, 6.45) is 2.23. The van der Waals surface area contributed by atoms with E-state index in [2.05, 4.69) is 15.6 Å². The number of nitrogens with zero attached hydrogens (tertiary/aromatic N) is 1. The van der Waals surface area contributed by atoms with Crippen molar-refractivity contribution in [2.45, 2.75) is 40.2 Å². The normalized spacial score (nSPS) is 22.9. The van der Waals surface area contributed by atoms with Crippen molar-refractivity contribution in [3.05, 3.63) is 17.8 Å². The second-order valence-corrected chi connectivity index (χ2v) is 7.01. The predicted octanol–water partition coefficient (Wildman–Crippen LogP) is 2.66. The summed E-state index contributed by atoms with van der Waals surface area (Å²) >= 11 is 0. The third kappa shape index (κ3) is 3.44. The standard InChI is InChI=1S/C17H25N3O4/c1-9-6-13(14(24-5)18-8-9)20-16(23)19-10(2)11-7-12(15(21)22)17(11,3)4/h6,8,10-12H,7H2,1-5H3,(H,21,22)(H2,19,20,23)/t10?,11-,12+/m0/s1. The molecule has 1 heterocycles. The molecule has 0 aliphatic heterocycles. The van der Waals surface area contributed by atoms with Crippen molar-refractivity contribution in [3.63, 3.8) is 0 Å². The summed E-state index contributed by atoms with van der Waals surface area (Å²) in [4.78, 5) is 27.6. The van der Waals surface area contributed by atoms with E-state index in [0.717, 1.165) is 5.56 Å². The van der Waals surface area contributed by atoms with E-state index in [1.807, 2.05) is 27.7 Å². The quantitative estimate of drug-likeness (QED) is 0.768. The van der Waals surface area contributed by atoms with E-state index in [4.69, 9.17) is 4.74 Å². The number of nitrogens with one attached hydrogen (secondary N) is 2. The van der Waals surface area contributed by atoms with Crippen LogP contribution >= 0.6 is 0 Å². The van der Waals surface area contributed by atoms with Crippen LogP contribution in [0.15, 0.2) is 12.3 Å². The summed E-state index contributed by atoms with van der Waals surface area (Å²) in [7, 11) is 1.49. The molecule has 3 atom stereocenters. The Hall–Kier alpha value is -2.31. The number of hydrogen-bond donors (Lipinski definition) is 3. The summed E-state index contributed by atoms with van der Waals surface area (Å²) in [5, 5.41) is 14.8. The molecule has 0 radical (unpaired) electrons. The van der Waals surface area contributed by atoms with Crippen molar-refractivity contribution in [3.8, 4) is 5.88 Å². The second-order valence-electron chi connectivity index (χ2n) is 7.01. The van der Waals surface area contributed by atoms with Gasteiger partial charge in [-0.3, -0.25) is 4.79 Å². The molecule has 1 aromatic heterocycles. The number of aromatic nitrogens is 1. The maximum Gasteiger partial charge on any atom is 0.319 e. The Morgan fingerprint density at radius 2 is 2.12 bits per heavy atom. The van der Waals surface area contributed by atoms with Gasteiger partial charge in [0.1, 0.15) is 5.69 Å². The maximum atomic E-state index is 12.3. The molecule has 2 amide bonds. The number of methoxy groups -OCH3 is 1. The summed E-state index contributed by atoms with van der Waals surface area (Å²) < 4.78 is 5.14. The molecule has 1 unspecified atom stereocenters. The number of pyridine rings is 1. The maximum absolute atomic E-state index is 12.3. The van der Waals surface area contributed by atoms with E-state index in [1.54, 1.807) is 12.3 Å². The second kappa shape index (κ2) is 6.67. The number of carboxylic acids is 1. The number of aryl methyl sites for hydroxylation is 1. The molecule has 0 bridgehead atoms. The van der Waals surface area contributed by atoms with Gasteiger partial charge in [-0.05, 0) is 43.2 Å². The summed E-state index contributed by atoms with van der Waals surface area (Å²) in [6, 6.07) is 1.28.